The lowest BCUT2D eigenvalue weighted by atomic mass is 10.1. The summed E-state index contributed by atoms with van der Waals surface area (Å²) >= 11 is 0. The summed E-state index contributed by atoms with van der Waals surface area (Å²) in [5.41, 5.74) is 2.54. The molecule has 0 radical (unpaired) electrons. The van der Waals surface area contributed by atoms with Crippen molar-refractivity contribution in [1.82, 2.24) is 9.88 Å². The highest BCUT2D eigenvalue weighted by Gasteiger charge is 2.29. The first kappa shape index (κ1) is 17.4. The zero-order valence-electron chi connectivity index (χ0n) is 15.0. The Kier molecular flexibility index (Phi) is 5.34. The van der Waals surface area contributed by atoms with Crippen LogP contribution in [0.4, 0.5) is 5.82 Å². The van der Waals surface area contributed by atoms with Gasteiger partial charge in [0.25, 0.3) is 0 Å². The maximum atomic E-state index is 11.7. The number of nitrogens with zero attached hydrogens (tertiary/aromatic N) is 2. The summed E-state index contributed by atoms with van der Waals surface area (Å²) in [5, 5.41) is 3.53. The molecule has 2 aromatic rings. The average molecular weight is 339 g/mol. The van der Waals surface area contributed by atoms with Crippen molar-refractivity contribution in [3.8, 4) is 0 Å². The predicted molar refractivity (Wildman–Crippen MR) is 98.6 cm³/mol. The quantitative estimate of drug-likeness (QED) is 0.848. The van der Waals surface area contributed by atoms with Crippen molar-refractivity contribution in [2.45, 2.75) is 26.4 Å². The number of aromatic nitrogens is 1. The molecule has 1 N–H and O–H groups in total. The normalized spacial score (nSPS) is 20.4. The van der Waals surface area contributed by atoms with Crippen LogP contribution in [0, 0.1) is 12.8 Å². The minimum Gasteiger partial charge on any atom is -0.465 e. The highest BCUT2D eigenvalue weighted by Crippen LogP contribution is 2.22. The van der Waals surface area contributed by atoms with E-state index in [0.717, 1.165) is 25.5 Å². The van der Waals surface area contributed by atoms with E-state index in [4.69, 9.17) is 4.74 Å². The van der Waals surface area contributed by atoms with E-state index in [1.165, 1.54) is 12.7 Å². The molecular formula is C20H25N3O2. The molecule has 1 aromatic heterocycles. The molecule has 0 spiro atoms. The molecular weight excluding hydrogens is 314 g/mol. The molecule has 5 heteroatoms. The molecule has 0 amide bonds. The molecule has 1 saturated heterocycles. The number of hydrogen-bond donors (Lipinski definition) is 1. The molecule has 5 nitrogen and oxygen atoms in total. The van der Waals surface area contributed by atoms with Crippen molar-refractivity contribution >= 4 is 11.8 Å². The monoisotopic (exact) mass is 339 g/mol. The summed E-state index contributed by atoms with van der Waals surface area (Å²) in [7, 11) is 1.38. The number of ether oxygens (including phenoxy) is 1. The van der Waals surface area contributed by atoms with Crippen LogP contribution in [-0.2, 0) is 11.3 Å². The molecule has 132 valence electrons. The van der Waals surface area contributed by atoms with Gasteiger partial charge >= 0.3 is 5.97 Å². The molecule has 1 aromatic carbocycles. The molecule has 1 aliphatic rings. The topological polar surface area (TPSA) is 54.5 Å². The highest BCUT2D eigenvalue weighted by molar-refractivity contribution is 5.90. The fourth-order valence-electron chi connectivity index (χ4n) is 3.38. The van der Waals surface area contributed by atoms with Crippen molar-refractivity contribution in [1.29, 1.82) is 0 Å². The summed E-state index contributed by atoms with van der Waals surface area (Å²) in [6.45, 7) is 7.11. The van der Waals surface area contributed by atoms with Crippen LogP contribution in [0.1, 0.15) is 28.5 Å². The zero-order chi connectivity index (χ0) is 17.8. The van der Waals surface area contributed by atoms with Crippen molar-refractivity contribution in [3.63, 3.8) is 0 Å². The minimum atomic E-state index is -0.347. The fraction of sp³-hybridized carbons (Fsp3) is 0.400. The second-order valence-corrected chi connectivity index (χ2v) is 6.73. The first-order chi connectivity index (χ1) is 12.1. The Hall–Kier alpha value is -2.40. The Labute approximate surface area is 149 Å². The van der Waals surface area contributed by atoms with Gasteiger partial charge in [-0.15, -0.1) is 0 Å². The summed E-state index contributed by atoms with van der Waals surface area (Å²) in [4.78, 5) is 18.7. The maximum Gasteiger partial charge on any atom is 0.339 e. The van der Waals surface area contributed by atoms with Gasteiger partial charge in [-0.3, -0.25) is 4.90 Å². The van der Waals surface area contributed by atoms with Crippen LogP contribution in [0.25, 0.3) is 0 Å². The van der Waals surface area contributed by atoms with E-state index in [-0.39, 0.29) is 5.97 Å². The third kappa shape index (κ3) is 4.17. The van der Waals surface area contributed by atoms with E-state index in [1.54, 1.807) is 6.07 Å². The number of aryl methyl sites for hydroxylation is 1. The van der Waals surface area contributed by atoms with Gasteiger partial charge in [0, 0.05) is 25.7 Å². The maximum absolute atomic E-state index is 11.7. The van der Waals surface area contributed by atoms with Crippen LogP contribution in [0.15, 0.2) is 42.5 Å². The molecule has 25 heavy (non-hydrogen) atoms. The van der Waals surface area contributed by atoms with Crippen LogP contribution in [-0.4, -0.2) is 42.1 Å². The summed E-state index contributed by atoms with van der Waals surface area (Å²) in [6, 6.07) is 14.5. The van der Waals surface area contributed by atoms with Gasteiger partial charge in [0.1, 0.15) is 5.82 Å². The summed E-state index contributed by atoms with van der Waals surface area (Å²) < 4.78 is 4.77. The molecule has 1 aliphatic heterocycles. The van der Waals surface area contributed by atoms with Crippen LogP contribution >= 0.6 is 0 Å². The number of rotatable bonds is 5. The van der Waals surface area contributed by atoms with E-state index < -0.39 is 0 Å². The van der Waals surface area contributed by atoms with E-state index >= 15 is 0 Å². The van der Waals surface area contributed by atoms with Gasteiger partial charge in [-0.2, -0.15) is 0 Å². The number of likely N-dealkylation sites (tertiary alicyclic amines) is 1. The second-order valence-electron chi connectivity index (χ2n) is 6.73. The van der Waals surface area contributed by atoms with Gasteiger partial charge in [-0.05, 0) is 30.5 Å². The van der Waals surface area contributed by atoms with Gasteiger partial charge in [-0.25, -0.2) is 9.78 Å². The number of pyridine rings is 1. The van der Waals surface area contributed by atoms with Crippen molar-refractivity contribution in [3.05, 3.63) is 59.3 Å². The lowest BCUT2D eigenvalue weighted by Gasteiger charge is -2.18. The Balaban J connectivity index is 1.63. The van der Waals surface area contributed by atoms with Crippen LogP contribution in [0.3, 0.4) is 0 Å². The standard InChI is InChI=1S/C20H25N3O2/c1-14-11-23(12-16-7-5-4-6-8-16)13-18(14)22-19-10-9-17(15(2)21-19)20(24)25-3/h4-10,14,18H,11-13H2,1-3H3,(H,21,22). The van der Waals surface area contributed by atoms with Gasteiger partial charge in [0.15, 0.2) is 0 Å². The number of nitrogens with one attached hydrogen (secondary N) is 1. The number of anilines is 1. The molecule has 0 saturated carbocycles. The van der Waals surface area contributed by atoms with Gasteiger partial charge in [-0.1, -0.05) is 37.3 Å². The van der Waals surface area contributed by atoms with E-state index in [0.29, 0.717) is 23.2 Å². The average Bonchev–Trinajstić information content (AvgIpc) is 2.94. The van der Waals surface area contributed by atoms with Crippen molar-refractivity contribution in [2.24, 2.45) is 5.92 Å². The van der Waals surface area contributed by atoms with Crippen molar-refractivity contribution in [2.75, 3.05) is 25.5 Å². The van der Waals surface area contributed by atoms with Crippen LogP contribution < -0.4 is 5.32 Å². The molecule has 2 atom stereocenters. The Morgan fingerprint density at radius 3 is 2.68 bits per heavy atom. The first-order valence-corrected chi connectivity index (χ1v) is 8.65. The van der Waals surface area contributed by atoms with E-state index in [1.807, 2.05) is 19.1 Å². The molecule has 3 rings (SSSR count). The molecule has 2 unspecified atom stereocenters. The Morgan fingerprint density at radius 2 is 2.00 bits per heavy atom. The molecule has 1 fully saturated rings. The zero-order valence-corrected chi connectivity index (χ0v) is 15.0. The van der Waals surface area contributed by atoms with E-state index in [9.17, 15) is 4.79 Å². The van der Waals surface area contributed by atoms with Crippen LogP contribution in [0.2, 0.25) is 0 Å². The second kappa shape index (κ2) is 7.66. The summed E-state index contributed by atoms with van der Waals surface area (Å²) in [5.74, 6) is 0.995. The number of carbonyl (C=O) groups is 1. The minimum absolute atomic E-state index is 0.347. The molecule has 0 bridgehead atoms. The predicted octanol–water partition coefficient (Wildman–Crippen LogP) is 3.11. The first-order valence-electron chi connectivity index (χ1n) is 8.65. The number of esters is 1. The lowest BCUT2D eigenvalue weighted by Crippen LogP contribution is -2.28. The third-order valence-corrected chi connectivity index (χ3v) is 4.76. The number of hydrogen-bond acceptors (Lipinski definition) is 5. The highest BCUT2D eigenvalue weighted by atomic mass is 16.5. The SMILES string of the molecule is COC(=O)c1ccc(NC2CN(Cc3ccccc3)CC2C)nc1C. The van der Waals surface area contributed by atoms with E-state index in [2.05, 4.69) is 46.4 Å². The lowest BCUT2D eigenvalue weighted by molar-refractivity contribution is 0.0599. The van der Waals surface area contributed by atoms with Gasteiger partial charge < -0.3 is 10.1 Å². The summed E-state index contributed by atoms with van der Waals surface area (Å²) in [6.07, 6.45) is 0. The van der Waals surface area contributed by atoms with Crippen LogP contribution in [0.5, 0.6) is 0 Å². The smallest absolute Gasteiger partial charge is 0.339 e. The number of carbonyl (C=O) groups excluding carboxylic acids is 1. The van der Waals surface area contributed by atoms with Crippen molar-refractivity contribution < 1.29 is 9.53 Å². The largest absolute Gasteiger partial charge is 0.465 e. The molecule has 0 aliphatic carbocycles. The van der Waals surface area contributed by atoms with Gasteiger partial charge in [0.05, 0.1) is 18.4 Å². The number of benzene rings is 1. The Bertz CT molecular complexity index is 733. The fourth-order valence-corrected chi connectivity index (χ4v) is 3.38. The third-order valence-electron chi connectivity index (χ3n) is 4.76. The van der Waals surface area contributed by atoms with Gasteiger partial charge in [0.2, 0.25) is 0 Å². The number of methoxy groups -OCH3 is 1. The molecule has 2 heterocycles. The Morgan fingerprint density at radius 1 is 1.24 bits per heavy atom.